The average Bonchev–Trinajstić information content (AvgIpc) is 2.39. The van der Waals surface area contributed by atoms with Gasteiger partial charge in [0.25, 0.3) is 5.91 Å². The van der Waals surface area contributed by atoms with E-state index in [9.17, 15) is 9.59 Å². The normalized spacial score (nSPS) is 16.6. The maximum absolute atomic E-state index is 11.4. The number of nitrogens with two attached hydrogens (primary N) is 1. The molecule has 1 amide bonds. The number of amides is 1. The summed E-state index contributed by atoms with van der Waals surface area (Å²) in [7, 11) is 1.90. The van der Waals surface area contributed by atoms with Crippen molar-refractivity contribution in [1.82, 2.24) is 4.98 Å². The standard InChI is InChI=1S/C13H17N3O2/c1-16(9-4-6-10(17)7-5-9)13-11(12(14)18)3-2-8-15-13/h2-3,8-9H,4-7H2,1H3,(H2,14,18). The molecule has 0 aromatic carbocycles. The third-order valence-electron chi connectivity index (χ3n) is 3.45. The molecule has 1 aromatic heterocycles. The first-order valence-electron chi connectivity index (χ1n) is 6.09. The highest BCUT2D eigenvalue weighted by atomic mass is 16.1. The number of aromatic nitrogens is 1. The molecule has 0 aliphatic heterocycles. The lowest BCUT2D eigenvalue weighted by Crippen LogP contribution is -2.37. The summed E-state index contributed by atoms with van der Waals surface area (Å²) in [6.07, 6.45) is 4.47. The number of primary amides is 1. The summed E-state index contributed by atoms with van der Waals surface area (Å²) >= 11 is 0. The quantitative estimate of drug-likeness (QED) is 0.868. The highest BCUT2D eigenvalue weighted by Crippen LogP contribution is 2.25. The molecule has 0 spiro atoms. The Morgan fingerprint density at radius 2 is 2.11 bits per heavy atom. The van der Waals surface area contributed by atoms with E-state index in [1.807, 2.05) is 11.9 Å². The Labute approximate surface area is 106 Å². The topological polar surface area (TPSA) is 76.3 Å². The van der Waals surface area contributed by atoms with E-state index >= 15 is 0 Å². The molecule has 1 aromatic rings. The Kier molecular flexibility index (Phi) is 3.60. The third-order valence-corrected chi connectivity index (χ3v) is 3.45. The zero-order valence-electron chi connectivity index (χ0n) is 10.4. The molecule has 5 nitrogen and oxygen atoms in total. The fraction of sp³-hybridized carbons (Fsp3) is 0.462. The maximum atomic E-state index is 11.4. The van der Waals surface area contributed by atoms with Gasteiger partial charge in [0.05, 0.1) is 5.56 Å². The largest absolute Gasteiger partial charge is 0.365 e. The van der Waals surface area contributed by atoms with Crippen molar-refractivity contribution in [3.63, 3.8) is 0 Å². The fourth-order valence-electron chi connectivity index (χ4n) is 2.36. The van der Waals surface area contributed by atoms with Gasteiger partial charge in [0, 0.05) is 32.1 Å². The number of hydrogen-bond acceptors (Lipinski definition) is 4. The lowest BCUT2D eigenvalue weighted by Gasteiger charge is -2.32. The van der Waals surface area contributed by atoms with Crippen molar-refractivity contribution < 1.29 is 9.59 Å². The number of carbonyl (C=O) groups excluding carboxylic acids is 2. The van der Waals surface area contributed by atoms with Crippen molar-refractivity contribution in [2.24, 2.45) is 5.73 Å². The van der Waals surface area contributed by atoms with E-state index in [-0.39, 0.29) is 6.04 Å². The summed E-state index contributed by atoms with van der Waals surface area (Å²) in [5.74, 6) is 0.442. The van der Waals surface area contributed by atoms with Crippen LogP contribution in [0.2, 0.25) is 0 Å². The van der Waals surface area contributed by atoms with Gasteiger partial charge in [-0.25, -0.2) is 4.98 Å². The van der Waals surface area contributed by atoms with Crippen LogP contribution in [0.3, 0.4) is 0 Å². The molecule has 2 N–H and O–H groups in total. The van der Waals surface area contributed by atoms with Gasteiger partial charge in [0.15, 0.2) is 0 Å². The van der Waals surface area contributed by atoms with Crippen LogP contribution in [0.25, 0.3) is 0 Å². The molecule has 18 heavy (non-hydrogen) atoms. The Morgan fingerprint density at radius 1 is 1.44 bits per heavy atom. The molecule has 0 saturated heterocycles. The summed E-state index contributed by atoms with van der Waals surface area (Å²) in [5.41, 5.74) is 5.77. The van der Waals surface area contributed by atoms with Crippen molar-refractivity contribution in [3.05, 3.63) is 23.9 Å². The first kappa shape index (κ1) is 12.5. The first-order chi connectivity index (χ1) is 8.59. The van der Waals surface area contributed by atoms with E-state index in [0.29, 0.717) is 30.0 Å². The highest BCUT2D eigenvalue weighted by molar-refractivity contribution is 5.97. The number of rotatable bonds is 3. The lowest BCUT2D eigenvalue weighted by atomic mass is 9.93. The maximum Gasteiger partial charge on any atom is 0.252 e. The molecule has 0 radical (unpaired) electrons. The Balaban J connectivity index is 2.20. The Hall–Kier alpha value is -1.91. The van der Waals surface area contributed by atoms with Crippen LogP contribution in [0.1, 0.15) is 36.0 Å². The van der Waals surface area contributed by atoms with Gasteiger partial charge in [-0.05, 0) is 25.0 Å². The van der Waals surface area contributed by atoms with Crippen molar-refractivity contribution in [2.75, 3.05) is 11.9 Å². The van der Waals surface area contributed by atoms with Gasteiger partial charge in [-0.1, -0.05) is 0 Å². The number of anilines is 1. The van der Waals surface area contributed by atoms with E-state index in [1.165, 1.54) is 0 Å². The molecule has 2 rings (SSSR count). The molecule has 1 aliphatic carbocycles. The van der Waals surface area contributed by atoms with E-state index in [1.54, 1.807) is 18.3 Å². The minimum Gasteiger partial charge on any atom is -0.365 e. The first-order valence-corrected chi connectivity index (χ1v) is 6.09. The fourth-order valence-corrected chi connectivity index (χ4v) is 2.36. The zero-order valence-corrected chi connectivity index (χ0v) is 10.4. The number of Topliss-reactive ketones (excluding diaryl/α,β-unsaturated/α-hetero) is 1. The van der Waals surface area contributed by atoms with Gasteiger partial charge in [-0.2, -0.15) is 0 Å². The third kappa shape index (κ3) is 2.50. The van der Waals surface area contributed by atoms with Crippen LogP contribution in [0.5, 0.6) is 0 Å². The number of pyridine rings is 1. The molecule has 0 unspecified atom stereocenters. The number of hydrogen-bond donors (Lipinski definition) is 1. The van der Waals surface area contributed by atoms with Crippen LogP contribution in [0, 0.1) is 0 Å². The SMILES string of the molecule is CN(c1ncccc1C(N)=O)C1CCC(=O)CC1. The summed E-state index contributed by atoms with van der Waals surface area (Å²) < 4.78 is 0. The van der Waals surface area contributed by atoms with Crippen LogP contribution < -0.4 is 10.6 Å². The van der Waals surface area contributed by atoms with Gasteiger partial charge in [-0.15, -0.1) is 0 Å². The minimum atomic E-state index is -0.475. The number of ketones is 1. The molecule has 1 heterocycles. The number of carbonyl (C=O) groups is 2. The smallest absolute Gasteiger partial charge is 0.252 e. The predicted octanol–water partition coefficient (Wildman–Crippen LogP) is 1.13. The van der Waals surface area contributed by atoms with Gasteiger partial charge in [0.1, 0.15) is 11.6 Å². The lowest BCUT2D eigenvalue weighted by molar-refractivity contribution is -0.120. The molecule has 1 aliphatic rings. The second-order valence-electron chi connectivity index (χ2n) is 4.62. The Morgan fingerprint density at radius 3 is 2.72 bits per heavy atom. The molecule has 1 fully saturated rings. The summed E-state index contributed by atoms with van der Waals surface area (Å²) in [6, 6.07) is 3.62. The van der Waals surface area contributed by atoms with Crippen LogP contribution in [-0.2, 0) is 4.79 Å². The van der Waals surface area contributed by atoms with Gasteiger partial charge >= 0.3 is 0 Å². The van der Waals surface area contributed by atoms with Crippen molar-refractivity contribution in [3.8, 4) is 0 Å². The van der Waals surface area contributed by atoms with Crippen LogP contribution in [0.4, 0.5) is 5.82 Å². The van der Waals surface area contributed by atoms with E-state index in [2.05, 4.69) is 4.98 Å². The molecule has 96 valence electrons. The second kappa shape index (κ2) is 5.16. The molecule has 1 saturated carbocycles. The van der Waals surface area contributed by atoms with Crippen molar-refractivity contribution >= 4 is 17.5 Å². The molecule has 0 atom stereocenters. The molecule has 5 heteroatoms. The molecular weight excluding hydrogens is 230 g/mol. The Bertz CT molecular complexity index is 463. The second-order valence-corrected chi connectivity index (χ2v) is 4.62. The molecular formula is C13H17N3O2. The van der Waals surface area contributed by atoms with Gasteiger partial charge < -0.3 is 10.6 Å². The summed E-state index contributed by atoms with van der Waals surface area (Å²) in [5, 5.41) is 0. The van der Waals surface area contributed by atoms with Gasteiger partial charge in [-0.3, -0.25) is 9.59 Å². The van der Waals surface area contributed by atoms with Crippen molar-refractivity contribution in [1.29, 1.82) is 0 Å². The van der Waals surface area contributed by atoms with Crippen LogP contribution in [-0.4, -0.2) is 29.8 Å². The number of nitrogens with zero attached hydrogens (tertiary/aromatic N) is 2. The van der Waals surface area contributed by atoms with E-state index < -0.39 is 5.91 Å². The van der Waals surface area contributed by atoms with Crippen LogP contribution >= 0.6 is 0 Å². The summed E-state index contributed by atoms with van der Waals surface area (Å²) in [6.45, 7) is 0. The predicted molar refractivity (Wildman–Crippen MR) is 68.4 cm³/mol. The van der Waals surface area contributed by atoms with Crippen LogP contribution in [0.15, 0.2) is 18.3 Å². The zero-order chi connectivity index (χ0) is 13.1. The summed E-state index contributed by atoms with van der Waals surface area (Å²) in [4.78, 5) is 28.8. The average molecular weight is 247 g/mol. The monoisotopic (exact) mass is 247 g/mol. The minimum absolute atomic E-state index is 0.246. The van der Waals surface area contributed by atoms with Crippen molar-refractivity contribution in [2.45, 2.75) is 31.7 Å². The molecule has 0 bridgehead atoms. The van der Waals surface area contributed by atoms with Gasteiger partial charge in [0.2, 0.25) is 0 Å². The highest BCUT2D eigenvalue weighted by Gasteiger charge is 2.25. The van der Waals surface area contributed by atoms with E-state index in [4.69, 9.17) is 5.73 Å². The van der Waals surface area contributed by atoms with E-state index in [0.717, 1.165) is 12.8 Å².